The molecule has 0 saturated carbocycles. The highest BCUT2D eigenvalue weighted by Crippen LogP contribution is 2.27. The van der Waals surface area contributed by atoms with E-state index >= 15 is 0 Å². The Hall–Kier alpha value is -1.70. The Balaban J connectivity index is 2.47. The fourth-order valence-corrected chi connectivity index (χ4v) is 3.45. The molecule has 22 heavy (non-hydrogen) atoms. The van der Waals surface area contributed by atoms with Crippen molar-refractivity contribution in [1.82, 2.24) is 0 Å². The average molecular weight is 316 g/mol. The van der Waals surface area contributed by atoms with Crippen molar-refractivity contribution < 1.29 is 14.3 Å². The van der Waals surface area contributed by atoms with Gasteiger partial charge >= 0.3 is 0 Å². The number of benzene rings is 2. The Morgan fingerprint density at radius 1 is 1.05 bits per heavy atom. The van der Waals surface area contributed by atoms with Crippen LogP contribution in [0, 0.1) is 20.8 Å². The molecule has 0 aromatic heterocycles. The second-order valence-corrected chi connectivity index (χ2v) is 6.81. The van der Waals surface area contributed by atoms with E-state index in [0.29, 0.717) is 16.4 Å². The highest BCUT2D eigenvalue weighted by Gasteiger charge is 2.23. The maximum atomic E-state index is 12.8. The highest BCUT2D eigenvalue weighted by atomic mass is 31.1. The largest absolute Gasteiger partial charge is 0.343 e. The van der Waals surface area contributed by atoms with E-state index in [9.17, 15) is 14.3 Å². The van der Waals surface area contributed by atoms with Crippen molar-refractivity contribution >= 4 is 19.1 Å². The fraction of sp³-hybridized carbons (Fsp3) is 0.278. The summed E-state index contributed by atoms with van der Waals surface area (Å²) in [7, 11) is -2.83. The summed E-state index contributed by atoms with van der Waals surface area (Å²) in [6, 6.07) is 10.7. The molecule has 0 amide bonds. The van der Waals surface area contributed by atoms with Gasteiger partial charge in [0.05, 0.1) is 0 Å². The molecule has 2 aromatic rings. The van der Waals surface area contributed by atoms with Crippen molar-refractivity contribution in [3.63, 3.8) is 0 Å². The molecular formula is C18H21O3P. The van der Waals surface area contributed by atoms with Crippen molar-refractivity contribution in [1.29, 1.82) is 0 Å². The molecule has 0 aliphatic heterocycles. The molecule has 3 nitrogen and oxygen atoms in total. The number of carbonyl (C=O) groups is 1. The zero-order valence-electron chi connectivity index (χ0n) is 13.3. The highest BCUT2D eigenvalue weighted by molar-refractivity contribution is 7.47. The van der Waals surface area contributed by atoms with Crippen LogP contribution in [-0.2, 0) is 4.57 Å². The number of Topliss-reactive ketones (excluding diaryl/α,β-unsaturated/α-hetero) is 1. The number of aryl methyl sites for hydroxylation is 1. The van der Waals surface area contributed by atoms with Crippen LogP contribution < -0.4 is 5.30 Å². The SMILES string of the molecule is Cc1ccc(C(=O)C(C)c2ccccc2[PH](=O)O)c(C)c1C. The Bertz CT molecular complexity index is 750. The summed E-state index contributed by atoms with van der Waals surface area (Å²) >= 11 is 0. The number of hydrogen-bond donors (Lipinski definition) is 1. The van der Waals surface area contributed by atoms with Crippen LogP contribution in [0.4, 0.5) is 0 Å². The van der Waals surface area contributed by atoms with Crippen molar-refractivity contribution in [2.75, 3.05) is 0 Å². The second-order valence-electron chi connectivity index (χ2n) is 5.66. The normalized spacial score (nSPS) is 13.7. The number of ketones is 1. The standard InChI is InChI=1S/C18H21O3P/c1-11-9-10-16(13(3)12(11)2)18(19)14(4)15-7-5-6-8-17(15)22(20)21/h5-10,14,22H,1-4H3,(H,20,21). The lowest BCUT2D eigenvalue weighted by Crippen LogP contribution is -2.17. The van der Waals surface area contributed by atoms with Crippen LogP contribution in [0.15, 0.2) is 36.4 Å². The van der Waals surface area contributed by atoms with Gasteiger partial charge in [0.1, 0.15) is 0 Å². The quantitative estimate of drug-likeness (QED) is 0.691. The molecule has 0 heterocycles. The van der Waals surface area contributed by atoms with Gasteiger partial charge < -0.3 is 4.89 Å². The molecule has 0 saturated heterocycles. The number of hydrogen-bond acceptors (Lipinski definition) is 2. The maximum absolute atomic E-state index is 12.8. The third kappa shape index (κ3) is 3.06. The molecule has 0 radical (unpaired) electrons. The van der Waals surface area contributed by atoms with Gasteiger partial charge in [0.25, 0.3) is 0 Å². The van der Waals surface area contributed by atoms with Crippen molar-refractivity contribution in [2.24, 2.45) is 0 Å². The monoisotopic (exact) mass is 316 g/mol. The molecular weight excluding hydrogens is 295 g/mol. The van der Waals surface area contributed by atoms with Crippen LogP contribution in [0.3, 0.4) is 0 Å². The zero-order valence-corrected chi connectivity index (χ0v) is 14.3. The van der Waals surface area contributed by atoms with E-state index in [1.807, 2.05) is 32.9 Å². The van der Waals surface area contributed by atoms with Crippen LogP contribution in [0.5, 0.6) is 0 Å². The summed E-state index contributed by atoms with van der Waals surface area (Å²) in [6.45, 7) is 7.77. The Morgan fingerprint density at radius 2 is 1.68 bits per heavy atom. The van der Waals surface area contributed by atoms with Crippen molar-refractivity contribution in [2.45, 2.75) is 33.6 Å². The molecule has 2 unspecified atom stereocenters. The predicted octanol–water partition coefficient (Wildman–Crippen LogP) is 3.69. The summed E-state index contributed by atoms with van der Waals surface area (Å²) in [5, 5.41) is 0.370. The third-order valence-corrected chi connectivity index (χ3v) is 5.29. The summed E-state index contributed by atoms with van der Waals surface area (Å²) < 4.78 is 11.5. The van der Waals surface area contributed by atoms with Crippen LogP contribution in [0.25, 0.3) is 0 Å². The lowest BCUT2D eigenvalue weighted by molar-refractivity contribution is 0.0965. The Morgan fingerprint density at radius 3 is 2.32 bits per heavy atom. The first-order chi connectivity index (χ1) is 10.3. The first-order valence-electron chi connectivity index (χ1n) is 7.27. The zero-order chi connectivity index (χ0) is 16.4. The lowest BCUT2D eigenvalue weighted by atomic mass is 9.88. The minimum absolute atomic E-state index is 0.0173. The number of rotatable bonds is 4. The third-order valence-electron chi connectivity index (χ3n) is 4.37. The van der Waals surface area contributed by atoms with Gasteiger partial charge in [-0.25, -0.2) is 0 Å². The van der Waals surface area contributed by atoms with Crippen molar-refractivity contribution in [3.05, 3.63) is 64.2 Å². The fourth-order valence-electron chi connectivity index (χ4n) is 2.67. The topological polar surface area (TPSA) is 54.4 Å². The van der Waals surface area contributed by atoms with Crippen LogP contribution in [-0.4, -0.2) is 10.7 Å². The molecule has 116 valence electrons. The molecule has 0 fully saturated rings. The van der Waals surface area contributed by atoms with Gasteiger partial charge in [-0.15, -0.1) is 0 Å². The molecule has 2 rings (SSSR count). The average Bonchev–Trinajstić information content (AvgIpc) is 2.51. The Labute approximate surface area is 131 Å². The van der Waals surface area contributed by atoms with E-state index in [0.717, 1.165) is 16.7 Å². The first kappa shape index (κ1) is 16.7. The number of carbonyl (C=O) groups excluding carboxylic acids is 1. The van der Waals surface area contributed by atoms with E-state index in [4.69, 9.17) is 0 Å². The van der Waals surface area contributed by atoms with E-state index < -0.39 is 13.9 Å². The molecule has 0 aliphatic rings. The van der Waals surface area contributed by atoms with Crippen LogP contribution in [0.1, 0.15) is 45.5 Å². The Kier molecular flexibility index (Phi) is 5.00. The first-order valence-corrected chi connectivity index (χ1v) is 8.63. The molecule has 0 aliphatic carbocycles. The minimum Gasteiger partial charge on any atom is -0.343 e. The van der Waals surface area contributed by atoms with E-state index in [-0.39, 0.29) is 5.78 Å². The minimum atomic E-state index is -2.83. The van der Waals surface area contributed by atoms with Gasteiger partial charge in [-0.2, -0.15) is 0 Å². The summed E-state index contributed by atoms with van der Waals surface area (Å²) in [4.78, 5) is 22.3. The van der Waals surface area contributed by atoms with Crippen molar-refractivity contribution in [3.8, 4) is 0 Å². The molecule has 2 aromatic carbocycles. The molecule has 0 spiro atoms. The lowest BCUT2D eigenvalue weighted by Gasteiger charge is -2.17. The van der Waals surface area contributed by atoms with E-state index in [2.05, 4.69) is 0 Å². The summed E-state index contributed by atoms with van der Waals surface area (Å²) in [6.07, 6.45) is 0. The van der Waals surface area contributed by atoms with Gasteiger partial charge in [-0.1, -0.05) is 37.3 Å². The summed E-state index contributed by atoms with van der Waals surface area (Å²) in [5.41, 5.74) is 4.56. The van der Waals surface area contributed by atoms with Gasteiger partial charge in [-0.3, -0.25) is 9.36 Å². The van der Waals surface area contributed by atoms with Crippen LogP contribution >= 0.6 is 8.03 Å². The summed E-state index contributed by atoms with van der Waals surface area (Å²) in [5.74, 6) is -0.464. The van der Waals surface area contributed by atoms with Gasteiger partial charge in [0, 0.05) is 16.8 Å². The second kappa shape index (κ2) is 6.60. The smallest absolute Gasteiger partial charge is 0.218 e. The van der Waals surface area contributed by atoms with Gasteiger partial charge in [0.15, 0.2) is 5.78 Å². The van der Waals surface area contributed by atoms with E-state index in [1.165, 1.54) is 0 Å². The molecule has 1 N–H and O–H groups in total. The molecule has 4 heteroatoms. The van der Waals surface area contributed by atoms with Gasteiger partial charge in [-0.05, 0) is 49.1 Å². The molecule has 0 bridgehead atoms. The van der Waals surface area contributed by atoms with E-state index in [1.54, 1.807) is 31.2 Å². The predicted molar refractivity (Wildman–Crippen MR) is 90.7 cm³/mol. The van der Waals surface area contributed by atoms with Crippen LogP contribution in [0.2, 0.25) is 0 Å². The van der Waals surface area contributed by atoms with Gasteiger partial charge in [0.2, 0.25) is 8.03 Å². The molecule has 2 atom stereocenters. The maximum Gasteiger partial charge on any atom is 0.218 e.